The lowest BCUT2D eigenvalue weighted by atomic mass is 10.2. The van der Waals surface area contributed by atoms with Crippen molar-refractivity contribution in [1.82, 2.24) is 19.5 Å². The maximum Gasteiger partial charge on any atom is 0.259 e. The second-order valence-corrected chi connectivity index (χ2v) is 6.69. The summed E-state index contributed by atoms with van der Waals surface area (Å²) in [6, 6.07) is 10.8. The number of aryl methyl sites for hydroxylation is 1. The number of ether oxygens (including phenoxy) is 1. The molecule has 1 N–H and O–H groups in total. The lowest BCUT2D eigenvalue weighted by Crippen LogP contribution is -2.14. The number of hydrogen-bond acceptors (Lipinski definition) is 6. The predicted molar refractivity (Wildman–Crippen MR) is 107 cm³/mol. The number of pyridine rings is 1. The van der Waals surface area contributed by atoms with Crippen molar-refractivity contribution in [2.24, 2.45) is 0 Å². The van der Waals surface area contributed by atoms with Crippen LogP contribution in [0.25, 0.3) is 5.82 Å². The number of benzene rings is 1. The van der Waals surface area contributed by atoms with Crippen molar-refractivity contribution in [3.05, 3.63) is 83.0 Å². The highest BCUT2D eigenvalue weighted by Gasteiger charge is 2.13. The molecule has 0 unspecified atom stereocenters. The molecule has 0 bridgehead atoms. The number of thiazole rings is 1. The van der Waals surface area contributed by atoms with Gasteiger partial charge in [0, 0.05) is 17.8 Å². The lowest BCUT2D eigenvalue weighted by Gasteiger charge is -2.11. The van der Waals surface area contributed by atoms with Gasteiger partial charge in [0.2, 0.25) is 0 Å². The van der Waals surface area contributed by atoms with Crippen molar-refractivity contribution in [2.45, 2.75) is 13.5 Å². The molecule has 0 spiro atoms. The van der Waals surface area contributed by atoms with Crippen LogP contribution in [0.1, 0.15) is 21.9 Å². The molecule has 140 valence electrons. The first-order valence-electron chi connectivity index (χ1n) is 8.57. The molecule has 0 aliphatic carbocycles. The molecule has 0 aliphatic rings. The van der Waals surface area contributed by atoms with E-state index in [4.69, 9.17) is 4.74 Å². The molecule has 0 radical (unpaired) electrons. The standard InChI is InChI=1S/C20H17N5O2S/c1-14-21-8-9-25(14)19-7-6-15(10-22-19)24-20(26)17-4-2-3-5-18(17)27-11-16-12-28-13-23-16/h2-10,12-13H,11H2,1H3,(H,24,26). The van der Waals surface area contributed by atoms with Crippen molar-refractivity contribution < 1.29 is 9.53 Å². The lowest BCUT2D eigenvalue weighted by molar-refractivity contribution is 0.102. The molecule has 4 aromatic rings. The zero-order valence-corrected chi connectivity index (χ0v) is 15.9. The summed E-state index contributed by atoms with van der Waals surface area (Å²) in [4.78, 5) is 25.5. The van der Waals surface area contributed by atoms with E-state index in [1.165, 1.54) is 11.3 Å². The summed E-state index contributed by atoms with van der Waals surface area (Å²) >= 11 is 1.50. The molecular formula is C20H17N5O2S. The number of aromatic nitrogens is 4. The van der Waals surface area contributed by atoms with Gasteiger partial charge in [0.1, 0.15) is 24.0 Å². The SMILES string of the molecule is Cc1nccn1-c1ccc(NC(=O)c2ccccc2OCc2cscn2)cn1. The number of rotatable bonds is 6. The molecule has 4 rings (SSSR count). The van der Waals surface area contributed by atoms with E-state index in [2.05, 4.69) is 20.3 Å². The average Bonchev–Trinajstić information content (AvgIpc) is 3.39. The van der Waals surface area contributed by atoms with E-state index in [-0.39, 0.29) is 5.91 Å². The second kappa shape index (κ2) is 8.01. The Labute approximate surface area is 165 Å². The van der Waals surface area contributed by atoms with E-state index in [1.54, 1.807) is 42.2 Å². The fourth-order valence-corrected chi connectivity index (χ4v) is 3.20. The highest BCUT2D eigenvalue weighted by Crippen LogP contribution is 2.21. The third kappa shape index (κ3) is 3.91. The monoisotopic (exact) mass is 391 g/mol. The molecule has 0 atom stereocenters. The van der Waals surface area contributed by atoms with Crippen molar-refractivity contribution in [1.29, 1.82) is 0 Å². The number of para-hydroxylation sites is 1. The summed E-state index contributed by atoms with van der Waals surface area (Å²) in [6.45, 7) is 2.22. The van der Waals surface area contributed by atoms with Crippen LogP contribution in [0.2, 0.25) is 0 Å². The molecule has 7 nitrogen and oxygen atoms in total. The Morgan fingerprint density at radius 1 is 1.18 bits per heavy atom. The van der Waals surface area contributed by atoms with Gasteiger partial charge in [-0.2, -0.15) is 0 Å². The molecule has 1 amide bonds. The molecule has 28 heavy (non-hydrogen) atoms. The highest BCUT2D eigenvalue weighted by atomic mass is 32.1. The fourth-order valence-electron chi connectivity index (χ4n) is 2.66. The summed E-state index contributed by atoms with van der Waals surface area (Å²) in [5.41, 5.74) is 3.63. The van der Waals surface area contributed by atoms with E-state index in [1.807, 2.05) is 35.2 Å². The van der Waals surface area contributed by atoms with Gasteiger partial charge in [0.05, 0.1) is 28.7 Å². The Kier molecular flexibility index (Phi) is 5.11. The number of imidazole rings is 1. The van der Waals surface area contributed by atoms with Gasteiger partial charge in [-0.05, 0) is 31.2 Å². The zero-order chi connectivity index (χ0) is 19.3. The van der Waals surface area contributed by atoms with Crippen molar-refractivity contribution >= 4 is 22.9 Å². The number of nitrogens with one attached hydrogen (secondary N) is 1. The molecule has 8 heteroatoms. The van der Waals surface area contributed by atoms with E-state index in [0.29, 0.717) is 23.6 Å². The number of hydrogen-bond donors (Lipinski definition) is 1. The van der Waals surface area contributed by atoms with E-state index in [0.717, 1.165) is 17.3 Å². The van der Waals surface area contributed by atoms with Gasteiger partial charge in [-0.1, -0.05) is 12.1 Å². The van der Waals surface area contributed by atoms with Gasteiger partial charge in [0.25, 0.3) is 5.91 Å². The van der Waals surface area contributed by atoms with Crippen molar-refractivity contribution in [3.63, 3.8) is 0 Å². The number of anilines is 1. The van der Waals surface area contributed by atoms with Crippen LogP contribution in [0.4, 0.5) is 5.69 Å². The quantitative estimate of drug-likeness (QED) is 0.540. The number of carbonyl (C=O) groups is 1. The Hall–Kier alpha value is -3.52. The summed E-state index contributed by atoms with van der Waals surface area (Å²) < 4.78 is 7.65. The highest BCUT2D eigenvalue weighted by molar-refractivity contribution is 7.07. The van der Waals surface area contributed by atoms with Gasteiger partial charge < -0.3 is 10.1 Å². The Morgan fingerprint density at radius 2 is 2.07 bits per heavy atom. The molecule has 0 fully saturated rings. The summed E-state index contributed by atoms with van der Waals surface area (Å²) in [5, 5.41) is 4.77. The number of carbonyl (C=O) groups excluding carboxylic acids is 1. The smallest absolute Gasteiger partial charge is 0.259 e. The van der Waals surface area contributed by atoms with E-state index in [9.17, 15) is 4.79 Å². The maximum absolute atomic E-state index is 12.7. The minimum Gasteiger partial charge on any atom is -0.486 e. The van der Waals surface area contributed by atoms with Crippen LogP contribution >= 0.6 is 11.3 Å². The summed E-state index contributed by atoms with van der Waals surface area (Å²) in [7, 11) is 0. The minimum absolute atomic E-state index is 0.262. The maximum atomic E-state index is 12.7. The van der Waals surface area contributed by atoms with Gasteiger partial charge in [-0.25, -0.2) is 15.0 Å². The minimum atomic E-state index is -0.262. The van der Waals surface area contributed by atoms with Crippen LogP contribution in [-0.2, 0) is 6.61 Å². The van der Waals surface area contributed by atoms with Crippen molar-refractivity contribution in [3.8, 4) is 11.6 Å². The molecule has 0 aliphatic heterocycles. The van der Waals surface area contributed by atoms with Crippen LogP contribution in [0.15, 0.2) is 65.9 Å². The Morgan fingerprint density at radius 3 is 2.79 bits per heavy atom. The van der Waals surface area contributed by atoms with E-state index < -0.39 is 0 Å². The Balaban J connectivity index is 1.47. The normalized spacial score (nSPS) is 10.6. The second-order valence-electron chi connectivity index (χ2n) is 5.97. The Bertz CT molecular complexity index is 1070. The third-order valence-corrected chi connectivity index (χ3v) is 4.70. The zero-order valence-electron chi connectivity index (χ0n) is 15.1. The van der Waals surface area contributed by atoms with Crippen LogP contribution in [0.3, 0.4) is 0 Å². The molecule has 3 heterocycles. The molecule has 1 aromatic carbocycles. The first kappa shape index (κ1) is 17.9. The first-order valence-corrected chi connectivity index (χ1v) is 9.51. The van der Waals surface area contributed by atoms with Crippen LogP contribution in [0, 0.1) is 6.92 Å². The average molecular weight is 391 g/mol. The van der Waals surface area contributed by atoms with Crippen LogP contribution < -0.4 is 10.1 Å². The van der Waals surface area contributed by atoms with Crippen LogP contribution in [0.5, 0.6) is 5.75 Å². The first-order chi connectivity index (χ1) is 13.7. The molecular weight excluding hydrogens is 374 g/mol. The topological polar surface area (TPSA) is 81.9 Å². The molecule has 3 aromatic heterocycles. The molecule has 0 saturated carbocycles. The summed E-state index contributed by atoms with van der Waals surface area (Å²) in [5.74, 6) is 1.82. The predicted octanol–water partition coefficient (Wildman–Crippen LogP) is 3.86. The van der Waals surface area contributed by atoms with E-state index >= 15 is 0 Å². The third-order valence-electron chi connectivity index (χ3n) is 4.07. The summed E-state index contributed by atoms with van der Waals surface area (Å²) in [6.07, 6.45) is 5.17. The van der Waals surface area contributed by atoms with Gasteiger partial charge >= 0.3 is 0 Å². The molecule has 0 saturated heterocycles. The van der Waals surface area contributed by atoms with Gasteiger partial charge in [-0.15, -0.1) is 11.3 Å². The largest absolute Gasteiger partial charge is 0.486 e. The van der Waals surface area contributed by atoms with Crippen LogP contribution in [-0.4, -0.2) is 25.4 Å². The van der Waals surface area contributed by atoms with Crippen molar-refractivity contribution in [2.75, 3.05) is 5.32 Å². The fraction of sp³-hybridized carbons (Fsp3) is 0.100. The number of nitrogens with zero attached hydrogens (tertiary/aromatic N) is 4. The number of amides is 1. The van der Waals surface area contributed by atoms with Gasteiger partial charge in [-0.3, -0.25) is 9.36 Å². The van der Waals surface area contributed by atoms with Gasteiger partial charge in [0.15, 0.2) is 0 Å².